The molecule has 0 aliphatic carbocycles. The molecule has 0 spiro atoms. The fraction of sp³-hybridized carbons (Fsp3) is 0.150. The average molecular weight is 403 g/mol. The zero-order valence-corrected chi connectivity index (χ0v) is 16.2. The van der Waals surface area contributed by atoms with Crippen molar-refractivity contribution in [2.75, 3.05) is 0 Å². The lowest BCUT2D eigenvalue weighted by Gasteiger charge is -2.18. The molecule has 1 heterocycles. The molecule has 138 valence electrons. The topological polar surface area (TPSA) is 59.0 Å². The lowest BCUT2D eigenvalue weighted by Crippen LogP contribution is -2.39. The quantitative estimate of drug-likeness (QED) is 0.702. The maximum atomic E-state index is 12.7. The van der Waals surface area contributed by atoms with Gasteiger partial charge in [-0.15, -0.1) is 0 Å². The normalized spacial score (nSPS) is 16.4. The van der Waals surface area contributed by atoms with Crippen LogP contribution in [0.15, 0.2) is 59.2 Å². The summed E-state index contributed by atoms with van der Waals surface area (Å²) in [7, 11) is 0. The molecule has 1 atom stereocenters. The van der Waals surface area contributed by atoms with Crippen LogP contribution in [-0.2, 0) is 9.59 Å². The van der Waals surface area contributed by atoms with Gasteiger partial charge in [-0.2, -0.15) is 10.1 Å². The summed E-state index contributed by atoms with van der Waals surface area (Å²) in [5.41, 5.74) is 1.68. The molecule has 0 fully saturated rings. The lowest BCUT2D eigenvalue weighted by molar-refractivity contribution is -0.146. The molecule has 3 rings (SSSR count). The number of hydrogen-bond acceptors (Lipinski definition) is 4. The minimum atomic E-state index is -0.958. The molecule has 2 amide bonds. The van der Waals surface area contributed by atoms with Gasteiger partial charge in [0, 0.05) is 5.02 Å². The van der Waals surface area contributed by atoms with E-state index in [0.717, 1.165) is 10.6 Å². The minimum Gasteiger partial charge on any atom is -0.479 e. The molecular weight excluding hydrogens is 387 g/mol. The largest absolute Gasteiger partial charge is 0.479 e. The van der Waals surface area contributed by atoms with Crippen LogP contribution in [0.5, 0.6) is 5.75 Å². The van der Waals surface area contributed by atoms with Crippen molar-refractivity contribution >= 4 is 46.8 Å². The number of amides is 2. The average Bonchev–Trinajstić information content (AvgIpc) is 2.92. The fourth-order valence-corrected chi connectivity index (χ4v) is 2.99. The molecule has 2 aromatic carbocycles. The van der Waals surface area contributed by atoms with Crippen LogP contribution in [0.25, 0.3) is 6.08 Å². The molecule has 2 aromatic rings. The molecule has 0 radical (unpaired) electrons. The zero-order chi connectivity index (χ0) is 19.6. The van der Waals surface area contributed by atoms with Gasteiger partial charge in [0.05, 0.1) is 16.3 Å². The highest BCUT2D eigenvalue weighted by atomic mass is 35.5. The molecule has 0 N–H and O–H groups in total. The number of nitrogens with zero attached hydrogens (tertiary/aromatic N) is 2. The number of benzene rings is 2. The SMILES string of the molecule is CC1=NN(C(=O)[C@H](C)Oc2ccc(Cl)cc2Cl)C(=O)/C1=C\c1ccccc1. The molecule has 0 bridgehead atoms. The Morgan fingerprint density at radius 1 is 1.19 bits per heavy atom. The Morgan fingerprint density at radius 3 is 2.56 bits per heavy atom. The summed E-state index contributed by atoms with van der Waals surface area (Å²) in [4.78, 5) is 25.3. The van der Waals surface area contributed by atoms with Crippen molar-refractivity contribution < 1.29 is 14.3 Å². The smallest absolute Gasteiger partial charge is 0.290 e. The number of imide groups is 1. The fourth-order valence-electron chi connectivity index (χ4n) is 2.53. The van der Waals surface area contributed by atoms with Gasteiger partial charge in [-0.3, -0.25) is 9.59 Å². The second-order valence-corrected chi connectivity index (χ2v) is 6.79. The van der Waals surface area contributed by atoms with Crippen molar-refractivity contribution in [1.29, 1.82) is 0 Å². The predicted molar refractivity (Wildman–Crippen MR) is 106 cm³/mol. The monoisotopic (exact) mass is 402 g/mol. The van der Waals surface area contributed by atoms with E-state index in [4.69, 9.17) is 27.9 Å². The Hall–Kier alpha value is -2.63. The van der Waals surface area contributed by atoms with E-state index >= 15 is 0 Å². The molecule has 27 heavy (non-hydrogen) atoms. The van der Waals surface area contributed by atoms with E-state index in [1.54, 1.807) is 25.1 Å². The molecule has 7 heteroatoms. The van der Waals surface area contributed by atoms with Gasteiger partial charge in [0.25, 0.3) is 11.8 Å². The molecular formula is C20H16Cl2N2O3. The summed E-state index contributed by atoms with van der Waals surface area (Å²) in [6.07, 6.45) is 0.746. The standard InChI is InChI=1S/C20H16Cl2N2O3/c1-12-16(10-14-6-4-3-5-7-14)20(26)24(23-12)19(25)13(2)27-18-9-8-15(21)11-17(18)22/h3-11,13H,1-2H3/b16-10-/t13-/m0/s1. The predicted octanol–water partition coefficient (Wildman–Crippen LogP) is 4.59. The summed E-state index contributed by atoms with van der Waals surface area (Å²) in [5, 5.41) is 5.66. The van der Waals surface area contributed by atoms with E-state index in [1.807, 2.05) is 30.3 Å². The maximum absolute atomic E-state index is 12.7. The number of hydrogen-bond donors (Lipinski definition) is 0. The summed E-state index contributed by atoms with van der Waals surface area (Å²) in [6.45, 7) is 3.21. The molecule has 1 aliphatic heterocycles. The van der Waals surface area contributed by atoms with Gasteiger partial charge in [0.1, 0.15) is 5.75 Å². The second kappa shape index (κ2) is 7.94. The van der Waals surface area contributed by atoms with Crippen LogP contribution in [0.4, 0.5) is 0 Å². The zero-order valence-electron chi connectivity index (χ0n) is 14.6. The third-order valence-corrected chi connectivity index (χ3v) is 4.46. The van der Waals surface area contributed by atoms with Gasteiger partial charge in [-0.25, -0.2) is 0 Å². The molecule has 5 nitrogen and oxygen atoms in total. The van der Waals surface area contributed by atoms with E-state index in [2.05, 4.69) is 5.10 Å². The third kappa shape index (κ3) is 4.21. The van der Waals surface area contributed by atoms with Crippen LogP contribution in [-0.4, -0.2) is 28.6 Å². The first-order valence-electron chi connectivity index (χ1n) is 8.19. The number of carbonyl (C=O) groups is 2. The molecule has 0 saturated heterocycles. The first-order valence-corrected chi connectivity index (χ1v) is 8.94. The van der Waals surface area contributed by atoms with Gasteiger partial charge in [-0.1, -0.05) is 53.5 Å². The van der Waals surface area contributed by atoms with Crippen LogP contribution in [0.3, 0.4) is 0 Å². The number of ether oxygens (including phenoxy) is 1. The van der Waals surface area contributed by atoms with Crippen LogP contribution in [0.1, 0.15) is 19.4 Å². The van der Waals surface area contributed by atoms with Crippen molar-refractivity contribution in [3.05, 3.63) is 69.7 Å². The highest BCUT2D eigenvalue weighted by Gasteiger charge is 2.35. The van der Waals surface area contributed by atoms with E-state index < -0.39 is 17.9 Å². The maximum Gasteiger partial charge on any atom is 0.290 e. The number of halogens is 2. The van der Waals surface area contributed by atoms with Crippen LogP contribution in [0.2, 0.25) is 10.0 Å². The van der Waals surface area contributed by atoms with Gasteiger partial charge in [0.15, 0.2) is 6.10 Å². The van der Waals surface area contributed by atoms with Crippen molar-refractivity contribution in [3.8, 4) is 5.75 Å². The number of carbonyl (C=O) groups excluding carboxylic acids is 2. The molecule has 0 saturated carbocycles. The molecule has 0 aromatic heterocycles. The molecule has 1 aliphatic rings. The van der Waals surface area contributed by atoms with Gasteiger partial charge in [0.2, 0.25) is 0 Å². The number of rotatable bonds is 4. The highest BCUT2D eigenvalue weighted by molar-refractivity contribution is 6.35. The summed E-state index contributed by atoms with van der Waals surface area (Å²) < 4.78 is 5.59. The van der Waals surface area contributed by atoms with Crippen molar-refractivity contribution in [1.82, 2.24) is 5.01 Å². The summed E-state index contributed by atoms with van der Waals surface area (Å²) >= 11 is 11.9. The van der Waals surface area contributed by atoms with Crippen molar-refractivity contribution in [2.45, 2.75) is 20.0 Å². The van der Waals surface area contributed by atoms with Crippen LogP contribution >= 0.6 is 23.2 Å². The Kier molecular flexibility index (Phi) is 5.63. The van der Waals surface area contributed by atoms with Crippen molar-refractivity contribution in [2.24, 2.45) is 5.10 Å². The highest BCUT2D eigenvalue weighted by Crippen LogP contribution is 2.29. The Bertz CT molecular complexity index is 955. The minimum absolute atomic E-state index is 0.277. The third-order valence-electron chi connectivity index (χ3n) is 3.93. The Labute approximate surface area is 166 Å². The van der Waals surface area contributed by atoms with Gasteiger partial charge in [-0.05, 0) is 43.7 Å². The van der Waals surface area contributed by atoms with Crippen LogP contribution in [0, 0.1) is 0 Å². The summed E-state index contributed by atoms with van der Waals surface area (Å²) in [6, 6.07) is 14.0. The molecule has 0 unspecified atom stereocenters. The van der Waals surface area contributed by atoms with Crippen LogP contribution < -0.4 is 4.74 Å². The van der Waals surface area contributed by atoms with E-state index in [-0.39, 0.29) is 5.02 Å². The Balaban J connectivity index is 1.77. The van der Waals surface area contributed by atoms with E-state index in [1.165, 1.54) is 13.0 Å². The van der Waals surface area contributed by atoms with E-state index in [0.29, 0.717) is 22.1 Å². The first kappa shape index (κ1) is 19.1. The van der Waals surface area contributed by atoms with Gasteiger partial charge < -0.3 is 4.74 Å². The second-order valence-electron chi connectivity index (χ2n) is 5.94. The number of hydrazone groups is 1. The summed E-state index contributed by atoms with van der Waals surface area (Å²) in [5.74, 6) is -0.768. The lowest BCUT2D eigenvalue weighted by atomic mass is 10.1. The first-order chi connectivity index (χ1) is 12.9. The Morgan fingerprint density at radius 2 is 1.89 bits per heavy atom. The van der Waals surface area contributed by atoms with Crippen molar-refractivity contribution in [3.63, 3.8) is 0 Å². The van der Waals surface area contributed by atoms with E-state index in [9.17, 15) is 9.59 Å². The van der Waals surface area contributed by atoms with Gasteiger partial charge >= 0.3 is 0 Å².